The van der Waals surface area contributed by atoms with E-state index in [4.69, 9.17) is 16.7 Å². The maximum atomic E-state index is 12.1. The molecule has 0 aliphatic rings. The summed E-state index contributed by atoms with van der Waals surface area (Å²) in [7, 11) is 0. The van der Waals surface area contributed by atoms with E-state index in [9.17, 15) is 14.4 Å². The Kier molecular flexibility index (Phi) is 7.69. The molecule has 0 heterocycles. The lowest BCUT2D eigenvalue weighted by Gasteiger charge is -2.09. The number of amides is 2. The minimum Gasteiger partial charge on any atom is -0.481 e. The lowest BCUT2D eigenvalue weighted by atomic mass is 10.2. The molecule has 2 rings (SSSR count). The number of carboxylic acid groups (broad SMARTS) is 1. The smallest absolute Gasteiger partial charge is 0.303 e. The number of halogens is 1. The molecule has 0 radical (unpaired) electrons. The number of carboxylic acids is 1. The number of carbonyl (C=O) groups excluding carboxylic acids is 2. The molecule has 6 nitrogen and oxygen atoms in total. The topological polar surface area (TPSA) is 95.5 Å². The van der Waals surface area contributed by atoms with Crippen molar-refractivity contribution in [3.8, 4) is 0 Å². The predicted octanol–water partition coefficient (Wildman–Crippen LogP) is 4.18. The van der Waals surface area contributed by atoms with Gasteiger partial charge in [0.2, 0.25) is 11.8 Å². The molecule has 27 heavy (non-hydrogen) atoms. The normalized spacial score (nSPS) is 10.3. The fourth-order valence-electron chi connectivity index (χ4n) is 2.16. The van der Waals surface area contributed by atoms with Crippen molar-refractivity contribution in [2.75, 3.05) is 16.4 Å². The summed E-state index contributed by atoms with van der Waals surface area (Å²) in [6, 6.07) is 12.3. The van der Waals surface area contributed by atoms with Crippen molar-refractivity contribution in [1.82, 2.24) is 0 Å². The number of nitrogens with one attached hydrogen (secondary N) is 2. The van der Waals surface area contributed by atoms with Crippen molar-refractivity contribution < 1.29 is 19.5 Å². The Balaban J connectivity index is 1.82. The number of anilines is 2. The van der Waals surface area contributed by atoms with Gasteiger partial charge in [0.15, 0.2) is 0 Å². The van der Waals surface area contributed by atoms with Crippen LogP contribution in [0.1, 0.15) is 18.4 Å². The van der Waals surface area contributed by atoms with E-state index in [1.807, 2.05) is 6.92 Å². The first kappa shape index (κ1) is 20.8. The molecule has 2 aromatic rings. The molecule has 3 N–H and O–H groups in total. The van der Waals surface area contributed by atoms with Crippen LogP contribution in [-0.4, -0.2) is 28.6 Å². The van der Waals surface area contributed by atoms with Crippen LogP contribution in [0.4, 0.5) is 11.4 Å². The summed E-state index contributed by atoms with van der Waals surface area (Å²) >= 11 is 7.40. The van der Waals surface area contributed by atoms with Gasteiger partial charge in [0, 0.05) is 27.7 Å². The molecule has 142 valence electrons. The van der Waals surface area contributed by atoms with Gasteiger partial charge in [-0.1, -0.05) is 17.7 Å². The quantitative estimate of drug-likeness (QED) is 0.571. The van der Waals surface area contributed by atoms with Gasteiger partial charge < -0.3 is 15.7 Å². The fraction of sp³-hybridized carbons (Fsp3) is 0.211. The Morgan fingerprint density at radius 1 is 1.00 bits per heavy atom. The first-order valence-corrected chi connectivity index (χ1v) is 9.51. The summed E-state index contributed by atoms with van der Waals surface area (Å²) in [5.41, 5.74) is 2.08. The zero-order valence-corrected chi connectivity index (χ0v) is 16.2. The zero-order valence-electron chi connectivity index (χ0n) is 14.6. The average Bonchev–Trinajstić information content (AvgIpc) is 2.63. The van der Waals surface area contributed by atoms with E-state index in [-0.39, 0.29) is 30.4 Å². The van der Waals surface area contributed by atoms with E-state index >= 15 is 0 Å². The first-order chi connectivity index (χ1) is 12.8. The molecule has 0 unspecified atom stereocenters. The van der Waals surface area contributed by atoms with Crippen LogP contribution in [0.3, 0.4) is 0 Å². The maximum absolute atomic E-state index is 12.1. The Bertz CT molecular complexity index is 840. The van der Waals surface area contributed by atoms with Gasteiger partial charge in [0.1, 0.15) is 0 Å². The van der Waals surface area contributed by atoms with Crippen molar-refractivity contribution in [3.05, 3.63) is 53.1 Å². The number of carbonyl (C=O) groups is 3. The van der Waals surface area contributed by atoms with E-state index in [1.54, 1.807) is 42.5 Å². The average molecular weight is 407 g/mol. The van der Waals surface area contributed by atoms with Crippen LogP contribution in [0.15, 0.2) is 47.4 Å². The van der Waals surface area contributed by atoms with Gasteiger partial charge in [0.25, 0.3) is 0 Å². The van der Waals surface area contributed by atoms with E-state index in [2.05, 4.69) is 10.6 Å². The van der Waals surface area contributed by atoms with Crippen molar-refractivity contribution in [2.45, 2.75) is 24.7 Å². The third-order valence-corrected chi connectivity index (χ3v) is 5.04. The number of rotatable bonds is 8. The van der Waals surface area contributed by atoms with Gasteiger partial charge in [-0.2, -0.15) is 0 Å². The highest BCUT2D eigenvalue weighted by Crippen LogP contribution is 2.24. The van der Waals surface area contributed by atoms with E-state index in [0.29, 0.717) is 16.4 Å². The largest absolute Gasteiger partial charge is 0.481 e. The van der Waals surface area contributed by atoms with Crippen molar-refractivity contribution in [2.24, 2.45) is 0 Å². The third-order valence-electron chi connectivity index (χ3n) is 3.62. The van der Waals surface area contributed by atoms with Gasteiger partial charge in [-0.25, -0.2) is 0 Å². The molecular formula is C19H19ClN2O4S. The fourth-order valence-corrected chi connectivity index (χ4v) is 3.03. The number of aliphatic carboxylic acids is 1. The molecule has 0 aliphatic heterocycles. The van der Waals surface area contributed by atoms with Crippen molar-refractivity contribution in [1.29, 1.82) is 0 Å². The van der Waals surface area contributed by atoms with Crippen LogP contribution in [-0.2, 0) is 14.4 Å². The monoisotopic (exact) mass is 406 g/mol. The molecule has 0 saturated heterocycles. The summed E-state index contributed by atoms with van der Waals surface area (Å²) < 4.78 is 0. The van der Waals surface area contributed by atoms with Gasteiger partial charge in [-0.15, -0.1) is 11.8 Å². The zero-order chi connectivity index (χ0) is 19.8. The Labute approximate surface area is 166 Å². The summed E-state index contributed by atoms with van der Waals surface area (Å²) in [4.78, 5) is 35.0. The second kappa shape index (κ2) is 9.99. The van der Waals surface area contributed by atoms with Crippen molar-refractivity contribution >= 4 is 52.5 Å². The van der Waals surface area contributed by atoms with Crippen LogP contribution in [0, 0.1) is 6.92 Å². The predicted molar refractivity (Wildman–Crippen MR) is 107 cm³/mol. The van der Waals surface area contributed by atoms with Gasteiger partial charge >= 0.3 is 5.97 Å². The van der Waals surface area contributed by atoms with E-state index in [0.717, 1.165) is 10.5 Å². The molecular weight excluding hydrogens is 388 g/mol. The number of hydrogen-bond donors (Lipinski definition) is 3. The highest BCUT2D eigenvalue weighted by atomic mass is 35.5. The second-order valence-corrected chi connectivity index (χ2v) is 7.17. The molecule has 0 saturated carbocycles. The van der Waals surface area contributed by atoms with Crippen LogP contribution >= 0.6 is 23.4 Å². The van der Waals surface area contributed by atoms with Crippen LogP contribution in [0.5, 0.6) is 0 Å². The lowest BCUT2D eigenvalue weighted by molar-refractivity contribution is -0.138. The molecule has 0 spiro atoms. The summed E-state index contributed by atoms with van der Waals surface area (Å²) in [6.07, 6.45) is -0.282. The molecule has 2 amide bonds. The molecule has 0 atom stereocenters. The van der Waals surface area contributed by atoms with Crippen LogP contribution in [0.2, 0.25) is 5.02 Å². The van der Waals surface area contributed by atoms with Crippen LogP contribution in [0.25, 0.3) is 0 Å². The second-order valence-electron chi connectivity index (χ2n) is 5.72. The Hall–Kier alpha value is -2.51. The lowest BCUT2D eigenvalue weighted by Crippen LogP contribution is -2.15. The van der Waals surface area contributed by atoms with Crippen LogP contribution < -0.4 is 10.6 Å². The molecule has 0 aromatic heterocycles. The van der Waals surface area contributed by atoms with E-state index < -0.39 is 5.97 Å². The third kappa shape index (κ3) is 6.96. The molecule has 0 fully saturated rings. The van der Waals surface area contributed by atoms with Gasteiger partial charge in [-0.05, 0) is 48.9 Å². The maximum Gasteiger partial charge on any atom is 0.303 e. The summed E-state index contributed by atoms with van der Waals surface area (Å²) in [6.45, 7) is 1.84. The Morgan fingerprint density at radius 3 is 2.37 bits per heavy atom. The van der Waals surface area contributed by atoms with Crippen molar-refractivity contribution in [3.63, 3.8) is 0 Å². The SMILES string of the molecule is Cc1c(Cl)cccc1NC(=O)CSc1ccc(NC(=O)CCC(=O)O)cc1. The highest BCUT2D eigenvalue weighted by molar-refractivity contribution is 8.00. The minimum atomic E-state index is -1.01. The number of hydrogen-bond acceptors (Lipinski definition) is 4. The molecule has 8 heteroatoms. The summed E-state index contributed by atoms with van der Waals surface area (Å²) in [5.74, 6) is -1.27. The standard InChI is InChI=1S/C19H19ClN2O4S/c1-12-15(20)3-2-4-16(12)22-18(24)11-27-14-7-5-13(6-8-14)21-17(23)9-10-19(25)26/h2-8H,9-11H2,1H3,(H,21,23)(H,22,24)(H,25,26). The highest BCUT2D eigenvalue weighted by Gasteiger charge is 2.08. The minimum absolute atomic E-state index is 0.0745. The number of benzene rings is 2. The van der Waals surface area contributed by atoms with E-state index in [1.165, 1.54) is 11.8 Å². The molecule has 2 aromatic carbocycles. The van der Waals surface area contributed by atoms with Gasteiger partial charge in [-0.3, -0.25) is 14.4 Å². The molecule has 0 aliphatic carbocycles. The number of thioether (sulfide) groups is 1. The first-order valence-electron chi connectivity index (χ1n) is 8.14. The Morgan fingerprint density at radius 2 is 1.70 bits per heavy atom. The summed E-state index contributed by atoms with van der Waals surface area (Å²) in [5, 5.41) is 14.6. The van der Waals surface area contributed by atoms with Gasteiger partial charge in [0.05, 0.1) is 12.2 Å². The molecule has 0 bridgehead atoms.